The van der Waals surface area contributed by atoms with E-state index in [1.807, 2.05) is 30.3 Å². The predicted molar refractivity (Wildman–Crippen MR) is 61.8 cm³/mol. The largest absolute Gasteiger partial charge is 0.396 e. The average molecular weight is 259 g/mol. The number of hydrogen-bond donors (Lipinski definition) is 1. The summed E-state index contributed by atoms with van der Waals surface area (Å²) in [6.07, 6.45) is -4.22. The van der Waals surface area contributed by atoms with Gasteiger partial charge in [-0.3, -0.25) is 4.90 Å². The summed E-state index contributed by atoms with van der Waals surface area (Å²) in [5.74, 6) is -2.11. The van der Waals surface area contributed by atoms with Gasteiger partial charge >= 0.3 is 6.18 Å². The maximum atomic E-state index is 12.8. The van der Waals surface area contributed by atoms with Gasteiger partial charge in [0.05, 0.1) is 5.92 Å². The molecule has 0 amide bonds. The Morgan fingerprint density at radius 2 is 1.83 bits per heavy atom. The summed E-state index contributed by atoms with van der Waals surface area (Å²) in [7, 11) is 0. The lowest BCUT2D eigenvalue weighted by molar-refractivity contribution is -0.183. The molecule has 0 bridgehead atoms. The topological polar surface area (TPSA) is 23.5 Å². The van der Waals surface area contributed by atoms with E-state index in [2.05, 4.69) is 0 Å². The van der Waals surface area contributed by atoms with E-state index in [-0.39, 0.29) is 6.54 Å². The highest BCUT2D eigenvalue weighted by Gasteiger charge is 2.49. The number of benzene rings is 1. The Morgan fingerprint density at radius 1 is 1.17 bits per heavy atom. The Labute approximate surface area is 104 Å². The third kappa shape index (κ3) is 3.03. The molecule has 2 rings (SSSR count). The summed E-state index contributed by atoms with van der Waals surface area (Å²) < 4.78 is 38.3. The summed E-state index contributed by atoms with van der Waals surface area (Å²) in [6.45, 7) is 0.374. The van der Waals surface area contributed by atoms with Crippen LogP contribution in [0.25, 0.3) is 0 Å². The number of aliphatic hydroxyl groups is 1. The molecule has 2 atom stereocenters. The van der Waals surface area contributed by atoms with Crippen molar-refractivity contribution >= 4 is 0 Å². The first-order chi connectivity index (χ1) is 8.50. The number of rotatable bonds is 3. The van der Waals surface area contributed by atoms with Crippen LogP contribution in [0.5, 0.6) is 0 Å². The monoisotopic (exact) mass is 259 g/mol. The van der Waals surface area contributed by atoms with Crippen LogP contribution in [0.4, 0.5) is 13.2 Å². The minimum atomic E-state index is -4.22. The van der Waals surface area contributed by atoms with Crippen molar-refractivity contribution in [2.75, 3.05) is 19.7 Å². The van der Waals surface area contributed by atoms with Gasteiger partial charge in [0.15, 0.2) is 0 Å². The first-order valence-corrected chi connectivity index (χ1v) is 5.94. The molecule has 5 heteroatoms. The lowest BCUT2D eigenvalue weighted by atomic mass is 9.97. The Balaban J connectivity index is 2.01. The lowest BCUT2D eigenvalue weighted by Crippen LogP contribution is -2.31. The minimum absolute atomic E-state index is 0.0242. The molecule has 18 heavy (non-hydrogen) atoms. The number of halogens is 3. The zero-order chi connectivity index (χ0) is 13.2. The molecule has 100 valence electrons. The highest BCUT2D eigenvalue weighted by Crippen LogP contribution is 2.37. The van der Waals surface area contributed by atoms with Crippen molar-refractivity contribution in [2.45, 2.75) is 12.7 Å². The second-order valence-corrected chi connectivity index (χ2v) is 4.77. The summed E-state index contributed by atoms with van der Waals surface area (Å²) in [5, 5.41) is 9.06. The van der Waals surface area contributed by atoms with E-state index in [0.29, 0.717) is 13.1 Å². The molecule has 1 aliphatic heterocycles. The first kappa shape index (κ1) is 13.4. The van der Waals surface area contributed by atoms with Gasteiger partial charge in [0, 0.05) is 32.2 Å². The molecular weight excluding hydrogens is 243 g/mol. The Bertz CT molecular complexity index is 380. The SMILES string of the molecule is OCC1CN(Cc2ccccc2)C[C@H]1C(F)(F)F. The van der Waals surface area contributed by atoms with Gasteiger partial charge in [-0.25, -0.2) is 0 Å². The quantitative estimate of drug-likeness (QED) is 0.900. The van der Waals surface area contributed by atoms with Crippen molar-refractivity contribution in [3.05, 3.63) is 35.9 Å². The lowest BCUT2D eigenvalue weighted by Gasteiger charge is -2.19. The molecule has 1 heterocycles. The van der Waals surface area contributed by atoms with Gasteiger partial charge in [0.25, 0.3) is 0 Å². The van der Waals surface area contributed by atoms with Crippen LogP contribution in [0.1, 0.15) is 5.56 Å². The molecule has 0 saturated carbocycles. The van der Waals surface area contributed by atoms with E-state index in [4.69, 9.17) is 5.11 Å². The van der Waals surface area contributed by atoms with Gasteiger partial charge in [-0.15, -0.1) is 0 Å². The van der Waals surface area contributed by atoms with Gasteiger partial charge in [0.2, 0.25) is 0 Å². The van der Waals surface area contributed by atoms with Crippen molar-refractivity contribution in [1.29, 1.82) is 0 Å². The summed E-state index contributed by atoms with van der Waals surface area (Å²) in [4.78, 5) is 1.76. The van der Waals surface area contributed by atoms with E-state index in [9.17, 15) is 13.2 Å². The molecule has 1 aromatic rings. The van der Waals surface area contributed by atoms with Crippen LogP contribution in [-0.2, 0) is 6.54 Å². The smallest absolute Gasteiger partial charge is 0.393 e. The fraction of sp³-hybridized carbons (Fsp3) is 0.538. The Kier molecular flexibility index (Phi) is 3.92. The minimum Gasteiger partial charge on any atom is -0.396 e. The molecule has 1 saturated heterocycles. The third-order valence-corrected chi connectivity index (χ3v) is 3.42. The van der Waals surface area contributed by atoms with Crippen LogP contribution >= 0.6 is 0 Å². The third-order valence-electron chi connectivity index (χ3n) is 3.42. The van der Waals surface area contributed by atoms with Crippen LogP contribution in [0.3, 0.4) is 0 Å². The van der Waals surface area contributed by atoms with Gasteiger partial charge in [0.1, 0.15) is 0 Å². The van der Waals surface area contributed by atoms with Crippen molar-refractivity contribution in [1.82, 2.24) is 4.90 Å². The van der Waals surface area contributed by atoms with Crippen molar-refractivity contribution in [2.24, 2.45) is 11.8 Å². The second-order valence-electron chi connectivity index (χ2n) is 4.77. The molecule has 0 spiro atoms. The Hall–Kier alpha value is -1.07. The summed E-state index contributed by atoms with van der Waals surface area (Å²) in [5.41, 5.74) is 0.997. The molecule has 2 nitrogen and oxygen atoms in total. The highest BCUT2D eigenvalue weighted by atomic mass is 19.4. The zero-order valence-electron chi connectivity index (χ0n) is 9.90. The van der Waals surface area contributed by atoms with Crippen LogP contribution in [0.2, 0.25) is 0 Å². The number of aliphatic hydroxyl groups excluding tert-OH is 1. The fourth-order valence-corrected chi connectivity index (χ4v) is 2.49. The zero-order valence-corrected chi connectivity index (χ0v) is 9.90. The Morgan fingerprint density at radius 3 is 2.33 bits per heavy atom. The van der Waals surface area contributed by atoms with Crippen LogP contribution < -0.4 is 0 Å². The van der Waals surface area contributed by atoms with Crippen molar-refractivity contribution in [3.8, 4) is 0 Å². The first-order valence-electron chi connectivity index (χ1n) is 5.94. The van der Waals surface area contributed by atoms with Gasteiger partial charge in [-0.2, -0.15) is 13.2 Å². The van der Waals surface area contributed by atoms with E-state index >= 15 is 0 Å². The second kappa shape index (κ2) is 5.28. The van der Waals surface area contributed by atoms with Crippen molar-refractivity contribution in [3.63, 3.8) is 0 Å². The van der Waals surface area contributed by atoms with Crippen molar-refractivity contribution < 1.29 is 18.3 Å². The van der Waals surface area contributed by atoms with Gasteiger partial charge in [-0.1, -0.05) is 30.3 Å². The molecule has 1 aromatic carbocycles. The molecule has 0 radical (unpaired) electrons. The predicted octanol–water partition coefficient (Wildman–Crippen LogP) is 2.29. The highest BCUT2D eigenvalue weighted by molar-refractivity contribution is 5.14. The van der Waals surface area contributed by atoms with Gasteiger partial charge < -0.3 is 5.11 Å². The van der Waals surface area contributed by atoms with Crippen LogP contribution in [0.15, 0.2) is 30.3 Å². The maximum Gasteiger partial charge on any atom is 0.393 e. The molecule has 1 unspecified atom stereocenters. The molecule has 0 aromatic heterocycles. The molecule has 1 aliphatic rings. The number of likely N-dealkylation sites (tertiary alicyclic amines) is 1. The average Bonchev–Trinajstić information content (AvgIpc) is 2.73. The standard InChI is InChI=1S/C13H16F3NO/c14-13(15,16)12-8-17(7-11(12)9-18)6-10-4-2-1-3-5-10/h1-5,11-12,18H,6-9H2/t11?,12-/m1/s1. The number of alkyl halides is 3. The van der Waals surface area contributed by atoms with Crippen LogP contribution in [-0.4, -0.2) is 35.9 Å². The van der Waals surface area contributed by atoms with Gasteiger partial charge in [-0.05, 0) is 5.56 Å². The number of nitrogens with zero attached hydrogens (tertiary/aromatic N) is 1. The van der Waals surface area contributed by atoms with E-state index in [0.717, 1.165) is 5.56 Å². The summed E-state index contributed by atoms with van der Waals surface area (Å²) in [6, 6.07) is 9.42. The molecule has 1 fully saturated rings. The fourth-order valence-electron chi connectivity index (χ4n) is 2.49. The van der Waals surface area contributed by atoms with E-state index < -0.39 is 24.6 Å². The number of hydrogen-bond acceptors (Lipinski definition) is 2. The van der Waals surface area contributed by atoms with Crippen LogP contribution in [0, 0.1) is 11.8 Å². The molecular formula is C13H16F3NO. The molecule has 0 aliphatic carbocycles. The molecule has 1 N–H and O–H groups in total. The maximum absolute atomic E-state index is 12.8. The normalized spacial score (nSPS) is 25.6. The summed E-state index contributed by atoms with van der Waals surface area (Å²) >= 11 is 0. The van der Waals surface area contributed by atoms with E-state index in [1.54, 1.807) is 4.90 Å². The van der Waals surface area contributed by atoms with E-state index in [1.165, 1.54) is 0 Å².